The second kappa shape index (κ2) is 6.06. The number of pyridine rings is 1. The van der Waals surface area contributed by atoms with Crippen LogP contribution in [0.3, 0.4) is 0 Å². The van der Waals surface area contributed by atoms with E-state index in [2.05, 4.69) is 4.98 Å². The fourth-order valence-corrected chi connectivity index (χ4v) is 1.94. The minimum atomic E-state index is -0.240. The molecule has 5 nitrogen and oxygen atoms in total. The molecule has 0 bridgehead atoms. The summed E-state index contributed by atoms with van der Waals surface area (Å²) < 4.78 is 0. The number of aromatic nitrogens is 1. The molecule has 0 aliphatic heterocycles. The lowest BCUT2D eigenvalue weighted by Crippen LogP contribution is -2.30. The normalized spacial score (nSPS) is 10.2. The summed E-state index contributed by atoms with van der Waals surface area (Å²) in [4.78, 5) is 17.9. The van der Waals surface area contributed by atoms with Gasteiger partial charge in [-0.2, -0.15) is 0 Å². The third-order valence-electron chi connectivity index (χ3n) is 2.94. The number of phenols is 2. The number of phenolic OH excluding ortho intramolecular Hbond substituents is 2. The molecule has 20 heavy (non-hydrogen) atoms. The molecule has 2 rings (SSSR count). The van der Waals surface area contributed by atoms with Crippen molar-refractivity contribution < 1.29 is 15.0 Å². The number of rotatable bonds is 4. The number of aromatic hydroxyl groups is 2. The van der Waals surface area contributed by atoms with Gasteiger partial charge < -0.3 is 15.1 Å². The minimum absolute atomic E-state index is 0.131. The maximum atomic E-state index is 12.4. The van der Waals surface area contributed by atoms with Crippen molar-refractivity contribution in [2.45, 2.75) is 13.5 Å². The summed E-state index contributed by atoms with van der Waals surface area (Å²) in [6, 6.07) is 7.57. The van der Waals surface area contributed by atoms with Crippen molar-refractivity contribution >= 4 is 5.91 Å². The Morgan fingerprint density at radius 3 is 2.30 bits per heavy atom. The number of carbonyl (C=O) groups excluding carboxylic acids is 1. The van der Waals surface area contributed by atoms with Crippen LogP contribution < -0.4 is 0 Å². The first-order valence-corrected chi connectivity index (χ1v) is 6.31. The highest BCUT2D eigenvalue weighted by Crippen LogP contribution is 2.22. The van der Waals surface area contributed by atoms with E-state index in [1.165, 1.54) is 18.2 Å². The van der Waals surface area contributed by atoms with Gasteiger partial charge in [0, 0.05) is 37.1 Å². The van der Waals surface area contributed by atoms with Crippen LogP contribution in [0, 0.1) is 0 Å². The van der Waals surface area contributed by atoms with Crippen LogP contribution in [-0.2, 0) is 6.54 Å². The van der Waals surface area contributed by atoms with Gasteiger partial charge in [0.25, 0.3) is 5.91 Å². The van der Waals surface area contributed by atoms with Crippen LogP contribution >= 0.6 is 0 Å². The van der Waals surface area contributed by atoms with E-state index in [4.69, 9.17) is 0 Å². The monoisotopic (exact) mass is 272 g/mol. The molecular formula is C15H16N2O3. The lowest BCUT2D eigenvalue weighted by atomic mass is 10.1. The van der Waals surface area contributed by atoms with E-state index >= 15 is 0 Å². The number of hydrogen-bond acceptors (Lipinski definition) is 4. The standard InChI is InChI=1S/C15H16N2O3/c1-2-17(10-11-3-5-16-6-4-11)15(20)12-7-13(18)9-14(19)8-12/h3-9,18-19H,2,10H2,1H3. The van der Waals surface area contributed by atoms with Crippen molar-refractivity contribution in [3.05, 3.63) is 53.9 Å². The second-order valence-electron chi connectivity index (χ2n) is 4.41. The predicted octanol–water partition coefficient (Wildman–Crippen LogP) is 2.16. The van der Waals surface area contributed by atoms with Crippen LogP contribution in [-0.4, -0.2) is 32.5 Å². The Labute approximate surface area is 117 Å². The Morgan fingerprint density at radius 2 is 1.75 bits per heavy atom. The number of nitrogens with zero attached hydrogens (tertiary/aromatic N) is 2. The molecule has 2 aromatic rings. The fraction of sp³-hybridized carbons (Fsp3) is 0.200. The van der Waals surface area contributed by atoms with Gasteiger partial charge in [0.05, 0.1) is 0 Å². The molecule has 0 aliphatic carbocycles. The molecule has 0 saturated carbocycles. The summed E-state index contributed by atoms with van der Waals surface area (Å²) in [6.45, 7) is 2.85. The molecule has 0 aliphatic rings. The van der Waals surface area contributed by atoms with Crippen molar-refractivity contribution in [1.29, 1.82) is 0 Å². The Morgan fingerprint density at radius 1 is 1.15 bits per heavy atom. The number of carbonyl (C=O) groups is 1. The maximum absolute atomic E-state index is 12.4. The van der Waals surface area contributed by atoms with Crippen molar-refractivity contribution in [3.63, 3.8) is 0 Å². The van der Waals surface area contributed by atoms with Crippen LogP contribution in [0.15, 0.2) is 42.7 Å². The predicted molar refractivity (Wildman–Crippen MR) is 74.4 cm³/mol. The quantitative estimate of drug-likeness (QED) is 0.894. The van der Waals surface area contributed by atoms with E-state index < -0.39 is 0 Å². The number of amides is 1. The first kappa shape index (κ1) is 13.9. The SMILES string of the molecule is CCN(Cc1ccncc1)C(=O)c1cc(O)cc(O)c1. The highest BCUT2D eigenvalue weighted by Gasteiger charge is 2.16. The molecule has 0 radical (unpaired) electrons. The molecule has 0 saturated heterocycles. The number of benzene rings is 1. The van der Waals surface area contributed by atoms with Gasteiger partial charge in [-0.05, 0) is 36.8 Å². The molecule has 1 aromatic heterocycles. The van der Waals surface area contributed by atoms with E-state index in [1.54, 1.807) is 17.3 Å². The molecule has 0 spiro atoms. The minimum Gasteiger partial charge on any atom is -0.508 e. The van der Waals surface area contributed by atoms with E-state index in [0.717, 1.165) is 5.56 Å². The van der Waals surface area contributed by atoms with Gasteiger partial charge >= 0.3 is 0 Å². The van der Waals surface area contributed by atoms with E-state index in [-0.39, 0.29) is 23.0 Å². The molecule has 1 aromatic carbocycles. The second-order valence-corrected chi connectivity index (χ2v) is 4.41. The highest BCUT2D eigenvalue weighted by atomic mass is 16.3. The van der Waals surface area contributed by atoms with Gasteiger partial charge in [-0.25, -0.2) is 0 Å². The topological polar surface area (TPSA) is 73.7 Å². The van der Waals surface area contributed by atoms with Gasteiger partial charge in [0.15, 0.2) is 0 Å². The molecule has 1 amide bonds. The smallest absolute Gasteiger partial charge is 0.254 e. The summed E-state index contributed by atoms with van der Waals surface area (Å²) in [5.41, 5.74) is 1.23. The van der Waals surface area contributed by atoms with Crippen LogP contribution in [0.5, 0.6) is 11.5 Å². The summed E-state index contributed by atoms with van der Waals surface area (Å²) in [5.74, 6) is -0.503. The lowest BCUT2D eigenvalue weighted by Gasteiger charge is -2.21. The first-order chi connectivity index (χ1) is 9.60. The Balaban J connectivity index is 2.20. The van der Waals surface area contributed by atoms with Gasteiger partial charge in [0.2, 0.25) is 0 Å². The van der Waals surface area contributed by atoms with E-state index in [1.807, 2.05) is 19.1 Å². The lowest BCUT2D eigenvalue weighted by molar-refractivity contribution is 0.0751. The van der Waals surface area contributed by atoms with Crippen molar-refractivity contribution in [2.75, 3.05) is 6.54 Å². The fourth-order valence-electron chi connectivity index (χ4n) is 1.94. The van der Waals surface area contributed by atoms with Crippen molar-refractivity contribution in [1.82, 2.24) is 9.88 Å². The van der Waals surface area contributed by atoms with Gasteiger partial charge in [-0.1, -0.05) is 0 Å². The maximum Gasteiger partial charge on any atom is 0.254 e. The zero-order valence-corrected chi connectivity index (χ0v) is 11.2. The highest BCUT2D eigenvalue weighted by molar-refractivity contribution is 5.95. The molecule has 2 N–H and O–H groups in total. The Hall–Kier alpha value is -2.56. The average Bonchev–Trinajstić information content (AvgIpc) is 2.44. The summed E-state index contributed by atoms with van der Waals surface area (Å²) in [6.07, 6.45) is 3.35. The van der Waals surface area contributed by atoms with Crippen molar-refractivity contribution in [2.24, 2.45) is 0 Å². The van der Waals surface area contributed by atoms with Gasteiger partial charge in [-0.15, -0.1) is 0 Å². The molecule has 104 valence electrons. The van der Waals surface area contributed by atoms with E-state index in [9.17, 15) is 15.0 Å². The Kier molecular flexibility index (Phi) is 4.20. The van der Waals surface area contributed by atoms with Crippen LogP contribution in [0.2, 0.25) is 0 Å². The van der Waals surface area contributed by atoms with Crippen LogP contribution in [0.4, 0.5) is 0 Å². The summed E-state index contributed by atoms with van der Waals surface area (Å²) in [7, 11) is 0. The summed E-state index contributed by atoms with van der Waals surface area (Å²) >= 11 is 0. The molecule has 0 fully saturated rings. The zero-order chi connectivity index (χ0) is 14.5. The molecule has 0 atom stereocenters. The van der Waals surface area contributed by atoms with Gasteiger partial charge in [0.1, 0.15) is 11.5 Å². The summed E-state index contributed by atoms with van der Waals surface area (Å²) in [5, 5.41) is 18.9. The average molecular weight is 272 g/mol. The molecule has 0 unspecified atom stereocenters. The molecule has 1 heterocycles. The largest absolute Gasteiger partial charge is 0.508 e. The Bertz CT molecular complexity index is 579. The van der Waals surface area contributed by atoms with Crippen LogP contribution in [0.25, 0.3) is 0 Å². The van der Waals surface area contributed by atoms with Crippen molar-refractivity contribution in [3.8, 4) is 11.5 Å². The third kappa shape index (κ3) is 3.26. The first-order valence-electron chi connectivity index (χ1n) is 6.31. The van der Waals surface area contributed by atoms with Crippen LogP contribution in [0.1, 0.15) is 22.8 Å². The van der Waals surface area contributed by atoms with E-state index in [0.29, 0.717) is 13.1 Å². The van der Waals surface area contributed by atoms with Gasteiger partial charge in [-0.3, -0.25) is 9.78 Å². The third-order valence-corrected chi connectivity index (χ3v) is 2.94. The zero-order valence-electron chi connectivity index (χ0n) is 11.2. The molecule has 5 heteroatoms. The number of hydrogen-bond donors (Lipinski definition) is 2. The molecular weight excluding hydrogens is 256 g/mol.